The van der Waals surface area contributed by atoms with Crippen LogP contribution in [0, 0.1) is 11.7 Å². The molecule has 2 heteroatoms. The molecule has 122 valence electrons. The Balaban J connectivity index is 1.90. The molecule has 2 aromatic rings. The predicted octanol–water partition coefficient (Wildman–Crippen LogP) is 5.81. The molecular weight excluding hydrogens is 285 g/mol. The molecule has 1 nitrogen and oxygen atoms in total. The molecule has 0 bridgehead atoms. The average Bonchev–Trinajstić information content (AvgIpc) is 3.29. The largest absolute Gasteiger partial charge is 0.264 e. The van der Waals surface area contributed by atoms with E-state index in [4.69, 9.17) is 0 Å². The summed E-state index contributed by atoms with van der Waals surface area (Å²) in [5, 5.41) is 0. The fourth-order valence-electron chi connectivity index (χ4n) is 3.66. The van der Waals surface area contributed by atoms with E-state index in [1.807, 2.05) is 18.5 Å². The summed E-state index contributed by atoms with van der Waals surface area (Å²) in [6.45, 7) is 8.86. The van der Waals surface area contributed by atoms with Crippen LogP contribution in [0.1, 0.15) is 74.1 Å². The molecule has 0 amide bonds. The Morgan fingerprint density at radius 2 is 1.83 bits per heavy atom. The predicted molar refractivity (Wildman–Crippen MR) is 93.4 cm³/mol. The molecule has 0 N–H and O–H groups in total. The van der Waals surface area contributed by atoms with Gasteiger partial charge in [-0.05, 0) is 77.0 Å². The van der Waals surface area contributed by atoms with Crippen molar-refractivity contribution < 1.29 is 4.39 Å². The lowest BCUT2D eigenvalue weighted by Gasteiger charge is -2.14. The highest BCUT2D eigenvalue weighted by Gasteiger charge is 2.42. The van der Waals surface area contributed by atoms with Crippen LogP contribution in [-0.2, 0) is 6.42 Å². The molecule has 1 heterocycles. The molecule has 0 aliphatic heterocycles. The number of hydrogen-bond donors (Lipinski definition) is 0. The Kier molecular flexibility index (Phi) is 4.52. The Labute approximate surface area is 139 Å². The number of nitrogens with zero attached hydrogens (tertiary/aromatic N) is 1. The summed E-state index contributed by atoms with van der Waals surface area (Å²) in [6, 6.07) is 7.50. The van der Waals surface area contributed by atoms with Crippen molar-refractivity contribution in [3.05, 3.63) is 64.7 Å². The Hall–Kier alpha value is -1.70. The minimum absolute atomic E-state index is 0.114. The number of benzene rings is 1. The van der Waals surface area contributed by atoms with E-state index >= 15 is 0 Å². The Bertz CT molecular complexity index is 690. The van der Waals surface area contributed by atoms with E-state index < -0.39 is 0 Å². The molecule has 1 aliphatic carbocycles. The third-order valence-electron chi connectivity index (χ3n) is 4.83. The third kappa shape index (κ3) is 3.46. The van der Waals surface area contributed by atoms with Crippen molar-refractivity contribution >= 4 is 0 Å². The fourth-order valence-corrected chi connectivity index (χ4v) is 3.66. The summed E-state index contributed by atoms with van der Waals surface area (Å²) in [5.74, 6) is 1.92. The first-order chi connectivity index (χ1) is 11.0. The van der Waals surface area contributed by atoms with Gasteiger partial charge in [-0.15, -0.1) is 0 Å². The van der Waals surface area contributed by atoms with Gasteiger partial charge >= 0.3 is 0 Å². The average molecular weight is 311 g/mol. The molecule has 2 unspecified atom stereocenters. The minimum atomic E-state index is -0.114. The van der Waals surface area contributed by atoms with Crippen LogP contribution in [0.2, 0.25) is 0 Å². The first kappa shape index (κ1) is 16.2. The molecule has 1 aromatic carbocycles. The van der Waals surface area contributed by atoms with Gasteiger partial charge in [0.1, 0.15) is 5.82 Å². The molecule has 23 heavy (non-hydrogen) atoms. The van der Waals surface area contributed by atoms with Gasteiger partial charge in [0, 0.05) is 12.4 Å². The van der Waals surface area contributed by atoms with Gasteiger partial charge in [-0.2, -0.15) is 0 Å². The van der Waals surface area contributed by atoms with E-state index in [9.17, 15) is 4.39 Å². The highest BCUT2D eigenvalue weighted by molar-refractivity contribution is 5.43. The van der Waals surface area contributed by atoms with Gasteiger partial charge in [-0.1, -0.05) is 33.8 Å². The third-order valence-corrected chi connectivity index (χ3v) is 4.83. The van der Waals surface area contributed by atoms with Crippen LogP contribution in [0.4, 0.5) is 4.39 Å². The van der Waals surface area contributed by atoms with Crippen LogP contribution >= 0.6 is 0 Å². The summed E-state index contributed by atoms with van der Waals surface area (Å²) >= 11 is 0. The number of halogens is 1. The quantitative estimate of drug-likeness (QED) is 0.678. The molecule has 1 aromatic heterocycles. The highest BCUT2D eigenvalue weighted by Crippen LogP contribution is 2.56. The lowest BCUT2D eigenvalue weighted by atomic mass is 9.91. The van der Waals surface area contributed by atoms with E-state index in [1.165, 1.54) is 22.3 Å². The van der Waals surface area contributed by atoms with E-state index in [-0.39, 0.29) is 5.82 Å². The normalized spacial score (nSPS) is 20.3. The van der Waals surface area contributed by atoms with E-state index in [1.54, 1.807) is 12.1 Å². The zero-order chi connectivity index (χ0) is 16.6. The number of hydrogen-bond acceptors (Lipinski definition) is 1. The van der Waals surface area contributed by atoms with Gasteiger partial charge in [-0.3, -0.25) is 4.98 Å². The summed E-state index contributed by atoms with van der Waals surface area (Å²) in [5.41, 5.74) is 5.27. The lowest BCUT2D eigenvalue weighted by Crippen LogP contribution is -2.01. The topological polar surface area (TPSA) is 12.9 Å². The van der Waals surface area contributed by atoms with Crippen molar-refractivity contribution in [3.8, 4) is 0 Å². The molecular formula is C21H26FN. The summed E-state index contributed by atoms with van der Waals surface area (Å²) in [7, 11) is 0. The lowest BCUT2D eigenvalue weighted by molar-refractivity contribution is 0.614. The van der Waals surface area contributed by atoms with Crippen LogP contribution in [0.5, 0.6) is 0 Å². The maximum atomic E-state index is 13.8. The van der Waals surface area contributed by atoms with E-state index in [0.717, 1.165) is 12.8 Å². The molecule has 1 aliphatic rings. The molecule has 1 saturated carbocycles. The summed E-state index contributed by atoms with van der Waals surface area (Å²) < 4.78 is 13.8. The van der Waals surface area contributed by atoms with Crippen LogP contribution in [0.3, 0.4) is 0 Å². The van der Waals surface area contributed by atoms with Gasteiger partial charge in [0.2, 0.25) is 0 Å². The smallest absolute Gasteiger partial charge is 0.123 e. The van der Waals surface area contributed by atoms with Gasteiger partial charge in [-0.25, -0.2) is 4.39 Å². The molecule has 0 spiro atoms. The van der Waals surface area contributed by atoms with Gasteiger partial charge in [0.15, 0.2) is 0 Å². The maximum Gasteiger partial charge on any atom is 0.123 e. The molecule has 0 saturated heterocycles. The number of aromatic nitrogens is 1. The molecule has 0 radical (unpaired) electrons. The van der Waals surface area contributed by atoms with Crippen molar-refractivity contribution in [3.63, 3.8) is 0 Å². The summed E-state index contributed by atoms with van der Waals surface area (Å²) in [6.07, 6.45) is 6.03. The zero-order valence-corrected chi connectivity index (χ0v) is 14.5. The molecule has 2 atom stereocenters. The SMILES string of the molecule is CC(C)Cc1ccc(F)cc1C1CC1c1ccncc1C(C)C. The van der Waals surface area contributed by atoms with Crippen molar-refractivity contribution in [1.29, 1.82) is 0 Å². The first-order valence-corrected chi connectivity index (χ1v) is 8.69. The minimum Gasteiger partial charge on any atom is -0.264 e. The molecule has 3 rings (SSSR count). The van der Waals surface area contributed by atoms with Crippen molar-refractivity contribution in [2.75, 3.05) is 0 Å². The van der Waals surface area contributed by atoms with Crippen LogP contribution in [-0.4, -0.2) is 4.98 Å². The van der Waals surface area contributed by atoms with Crippen LogP contribution < -0.4 is 0 Å². The highest BCUT2D eigenvalue weighted by atomic mass is 19.1. The Morgan fingerprint density at radius 3 is 2.52 bits per heavy atom. The second-order valence-electron chi connectivity index (χ2n) is 7.55. The zero-order valence-electron chi connectivity index (χ0n) is 14.5. The summed E-state index contributed by atoms with van der Waals surface area (Å²) in [4.78, 5) is 4.29. The van der Waals surface area contributed by atoms with Gasteiger partial charge in [0.25, 0.3) is 0 Å². The van der Waals surface area contributed by atoms with Crippen LogP contribution in [0.25, 0.3) is 0 Å². The van der Waals surface area contributed by atoms with Gasteiger partial charge in [0.05, 0.1) is 0 Å². The van der Waals surface area contributed by atoms with Gasteiger partial charge < -0.3 is 0 Å². The fraction of sp³-hybridized carbons (Fsp3) is 0.476. The van der Waals surface area contributed by atoms with E-state index in [2.05, 4.69) is 38.7 Å². The van der Waals surface area contributed by atoms with Crippen LogP contribution in [0.15, 0.2) is 36.7 Å². The standard InChI is InChI=1S/C21H26FN/c1-13(2)9-15-5-6-16(22)10-18(15)20-11-19(20)17-7-8-23-12-21(17)14(3)4/h5-8,10,12-14,19-20H,9,11H2,1-4H3. The second kappa shape index (κ2) is 6.43. The first-order valence-electron chi connectivity index (χ1n) is 8.69. The number of rotatable bonds is 5. The molecule has 1 fully saturated rings. The van der Waals surface area contributed by atoms with Crippen molar-refractivity contribution in [1.82, 2.24) is 4.98 Å². The van der Waals surface area contributed by atoms with Crippen molar-refractivity contribution in [2.24, 2.45) is 5.92 Å². The second-order valence-corrected chi connectivity index (χ2v) is 7.55. The maximum absolute atomic E-state index is 13.8. The van der Waals surface area contributed by atoms with E-state index in [0.29, 0.717) is 23.7 Å². The monoisotopic (exact) mass is 311 g/mol. The Morgan fingerprint density at radius 1 is 1.09 bits per heavy atom. The van der Waals surface area contributed by atoms with Crippen molar-refractivity contribution in [2.45, 2.75) is 58.3 Å². The number of pyridine rings is 1.